The molecule has 146 valence electrons. The predicted octanol–water partition coefficient (Wildman–Crippen LogP) is 3.84. The van der Waals surface area contributed by atoms with E-state index < -0.39 is 0 Å². The van der Waals surface area contributed by atoms with E-state index in [4.69, 9.17) is 25.7 Å². The van der Waals surface area contributed by atoms with Gasteiger partial charge in [-0.2, -0.15) is 0 Å². The summed E-state index contributed by atoms with van der Waals surface area (Å²) in [5, 5.41) is 0. The van der Waals surface area contributed by atoms with E-state index in [0.717, 1.165) is 0 Å². The first-order valence-electron chi connectivity index (χ1n) is 9.59. The third-order valence-corrected chi connectivity index (χ3v) is 5.19. The van der Waals surface area contributed by atoms with Crippen LogP contribution in [0.5, 0.6) is 0 Å². The summed E-state index contributed by atoms with van der Waals surface area (Å²) in [6.45, 7) is 0. The monoisotopic (exact) mass is 468 g/mol. The van der Waals surface area contributed by atoms with Crippen LogP contribution in [0.25, 0.3) is 46.4 Å². The maximum atomic E-state index is 5.81. The second-order valence-electron chi connectivity index (χ2n) is 6.94. The van der Waals surface area contributed by atoms with Crippen LogP contribution in [0.4, 0.5) is 0 Å². The fourth-order valence-corrected chi connectivity index (χ4v) is 3.68. The van der Waals surface area contributed by atoms with Crippen LogP contribution in [0.2, 0.25) is 0 Å². The van der Waals surface area contributed by atoms with E-state index in [1.807, 2.05) is 48.6 Å². The quantitative estimate of drug-likeness (QED) is 0.255. The molecule has 0 amide bonds. The Morgan fingerprint density at radius 2 is 0.788 bits per heavy atom. The maximum absolute atomic E-state index is 5.81. The smallest absolute Gasteiger partial charge is 0.656 e. The van der Waals surface area contributed by atoms with E-state index in [0.29, 0.717) is 67.1 Å². The topological polar surface area (TPSA) is 54.0 Å². The van der Waals surface area contributed by atoms with Crippen LogP contribution in [-0.2, 0) is 19.5 Å². The van der Waals surface area contributed by atoms with Gasteiger partial charge in [0.15, 0.2) is 0 Å². The zero-order valence-corrected chi connectivity index (χ0v) is 20.4. The number of nitrogens with zero attached hydrogens (tertiary/aromatic N) is 4. The van der Waals surface area contributed by atoms with Crippen LogP contribution in [0.15, 0.2) is 24.3 Å². The average molecular weight is 470 g/mol. The fraction of sp³-hybridized carbons (Fsp3) is 0. The molecule has 5 heterocycles. The van der Waals surface area contributed by atoms with Gasteiger partial charge in [-0.1, -0.05) is 47.9 Å². The Bertz CT molecular complexity index is 1600. The molecular formula is C28H12N4Zn. The van der Waals surface area contributed by atoms with Crippen LogP contribution in [-0.4, -0.2) is 9.97 Å². The zero-order valence-electron chi connectivity index (χ0n) is 17.4. The van der Waals surface area contributed by atoms with E-state index >= 15 is 0 Å². The number of hydrogen-bond acceptors (Lipinski definition) is 2. The zero-order chi connectivity index (χ0) is 22.2. The van der Waals surface area contributed by atoms with E-state index in [2.05, 4.69) is 43.6 Å². The Balaban J connectivity index is 0.00000259. The Morgan fingerprint density at radius 3 is 1.12 bits per heavy atom. The van der Waals surface area contributed by atoms with E-state index in [1.165, 1.54) is 0 Å². The van der Waals surface area contributed by atoms with Crippen molar-refractivity contribution < 1.29 is 19.5 Å². The minimum absolute atomic E-state index is 0. The van der Waals surface area contributed by atoms with Crippen molar-refractivity contribution in [3.63, 3.8) is 0 Å². The van der Waals surface area contributed by atoms with Crippen LogP contribution >= 0.6 is 0 Å². The minimum Gasteiger partial charge on any atom is -0.656 e. The molecule has 3 aromatic heterocycles. The Labute approximate surface area is 204 Å². The fourth-order valence-electron chi connectivity index (χ4n) is 3.68. The van der Waals surface area contributed by atoms with Gasteiger partial charge < -0.3 is 9.97 Å². The molecular weight excluding hydrogens is 458 g/mol. The summed E-state index contributed by atoms with van der Waals surface area (Å²) in [4.78, 5) is 18.6. The van der Waals surface area contributed by atoms with Gasteiger partial charge in [-0.15, -0.1) is 47.8 Å². The molecule has 0 unspecified atom stereocenters. The van der Waals surface area contributed by atoms with Crippen LogP contribution in [0, 0.1) is 49.4 Å². The number of hydrogen-bond donors (Lipinski definition) is 0. The van der Waals surface area contributed by atoms with Gasteiger partial charge in [0.05, 0.1) is 28.3 Å². The van der Waals surface area contributed by atoms with Gasteiger partial charge in [0.1, 0.15) is 0 Å². The van der Waals surface area contributed by atoms with Gasteiger partial charge in [0.2, 0.25) is 0 Å². The molecule has 0 aromatic carbocycles. The normalized spacial score (nSPS) is 11.0. The molecule has 5 rings (SSSR count). The van der Waals surface area contributed by atoms with E-state index in [-0.39, 0.29) is 19.5 Å². The summed E-state index contributed by atoms with van der Waals surface area (Å²) < 4.78 is 0. The predicted molar refractivity (Wildman–Crippen MR) is 129 cm³/mol. The minimum atomic E-state index is 0. The molecule has 0 atom stereocenters. The summed E-state index contributed by atoms with van der Waals surface area (Å²) in [5.74, 6) is 10.8. The number of aromatic nitrogens is 4. The first kappa shape index (κ1) is 21.7. The molecule has 2 aliphatic heterocycles. The van der Waals surface area contributed by atoms with Crippen molar-refractivity contribution >= 4 is 46.4 Å². The third-order valence-electron chi connectivity index (χ3n) is 5.19. The Hall–Kier alpha value is -4.54. The molecule has 0 N–H and O–H groups in total. The molecule has 4 nitrogen and oxygen atoms in total. The molecule has 0 fully saturated rings. The molecule has 3 aromatic rings. The molecule has 5 heteroatoms. The molecule has 2 aliphatic rings. The van der Waals surface area contributed by atoms with Crippen molar-refractivity contribution in [3.8, 4) is 49.4 Å². The summed E-state index contributed by atoms with van der Waals surface area (Å²) >= 11 is 0. The Morgan fingerprint density at radius 1 is 0.485 bits per heavy atom. The van der Waals surface area contributed by atoms with Crippen molar-refractivity contribution in [2.45, 2.75) is 0 Å². The van der Waals surface area contributed by atoms with Crippen molar-refractivity contribution in [2.24, 2.45) is 0 Å². The summed E-state index contributed by atoms with van der Waals surface area (Å²) in [6.07, 6.45) is 30.5. The van der Waals surface area contributed by atoms with E-state index in [9.17, 15) is 0 Å². The number of terminal acetylenes is 4. The SMILES string of the molecule is C#Cc1c2nc(c(C#C)c3ccc([n-]3)c(C#C)c3ccc([n-]3)c(C#C)c3nc1C=C3)C=C2.[Zn+2]. The second-order valence-corrected chi connectivity index (χ2v) is 6.94. The van der Waals surface area contributed by atoms with Crippen LogP contribution < -0.4 is 9.97 Å². The van der Waals surface area contributed by atoms with Gasteiger partial charge in [-0.3, -0.25) is 0 Å². The first-order chi connectivity index (χ1) is 15.7. The van der Waals surface area contributed by atoms with Crippen molar-refractivity contribution in [2.75, 3.05) is 0 Å². The maximum Gasteiger partial charge on any atom is 2.00 e. The largest absolute Gasteiger partial charge is 2.00 e. The molecule has 0 saturated carbocycles. The van der Waals surface area contributed by atoms with E-state index in [1.54, 1.807) is 0 Å². The summed E-state index contributed by atoms with van der Waals surface area (Å²) in [6, 6.07) is 7.25. The molecule has 0 saturated heterocycles. The van der Waals surface area contributed by atoms with Gasteiger partial charge in [-0.05, 0) is 29.9 Å². The molecule has 0 spiro atoms. The van der Waals surface area contributed by atoms with Gasteiger partial charge in [0.25, 0.3) is 0 Å². The first-order valence-corrected chi connectivity index (χ1v) is 9.59. The van der Waals surface area contributed by atoms with Crippen molar-refractivity contribution in [1.29, 1.82) is 0 Å². The standard InChI is InChI=1S/C28H12N4.Zn/c1-5-17-21-9-11-23(29-21)18(6-2)25-13-15-27(31-25)20(8-4)28-16-14-26(32-28)19(7-3)24-12-10-22(17)30-24;/h1-4,9-16H;/q-2;+2. The summed E-state index contributed by atoms with van der Waals surface area (Å²) in [5.41, 5.74) is 6.87. The Kier molecular flexibility index (Phi) is 5.61. The number of fused-ring (bicyclic) bond motifs is 8. The number of rotatable bonds is 0. The molecule has 0 radical (unpaired) electrons. The average Bonchev–Trinajstić information content (AvgIpc) is 3.59. The van der Waals surface area contributed by atoms with Gasteiger partial charge in [0, 0.05) is 11.1 Å². The molecule has 8 bridgehead atoms. The van der Waals surface area contributed by atoms with Crippen molar-refractivity contribution in [1.82, 2.24) is 19.9 Å². The van der Waals surface area contributed by atoms with Gasteiger partial charge >= 0.3 is 19.5 Å². The second kappa shape index (κ2) is 8.54. The van der Waals surface area contributed by atoms with Crippen molar-refractivity contribution in [3.05, 3.63) is 69.3 Å². The third kappa shape index (κ3) is 3.49. The summed E-state index contributed by atoms with van der Waals surface area (Å²) in [7, 11) is 0. The molecule has 0 aliphatic carbocycles. The van der Waals surface area contributed by atoms with Crippen LogP contribution in [0.1, 0.15) is 45.0 Å². The van der Waals surface area contributed by atoms with Crippen LogP contribution in [0.3, 0.4) is 0 Å². The van der Waals surface area contributed by atoms with Gasteiger partial charge in [-0.25, -0.2) is 9.97 Å². The molecule has 33 heavy (non-hydrogen) atoms.